The Kier molecular flexibility index (Phi) is 9.48. The smallest absolute Gasteiger partial charge is 0.227 e. The van der Waals surface area contributed by atoms with Gasteiger partial charge in [-0.25, -0.2) is 0 Å². The van der Waals surface area contributed by atoms with Gasteiger partial charge >= 0.3 is 0 Å². The Bertz CT molecular complexity index is 666. The van der Waals surface area contributed by atoms with Crippen LogP contribution in [0, 0.1) is 0 Å². The lowest BCUT2D eigenvalue weighted by Crippen LogP contribution is -2.37. The lowest BCUT2D eigenvalue weighted by Gasteiger charge is -2.17. The van der Waals surface area contributed by atoms with Crippen LogP contribution in [0.2, 0.25) is 0 Å². The number of anilines is 1. The topological polar surface area (TPSA) is 66.0 Å². The quantitative estimate of drug-likeness (QED) is 0.277. The summed E-state index contributed by atoms with van der Waals surface area (Å²) in [6, 6.07) is 8.22. The van der Waals surface area contributed by atoms with Crippen LogP contribution in [0.25, 0.3) is 0 Å². The third-order valence-corrected chi connectivity index (χ3v) is 6.02. The normalized spacial score (nSPS) is 18.5. The molecule has 1 aliphatic carbocycles. The molecule has 0 spiro atoms. The van der Waals surface area contributed by atoms with E-state index in [4.69, 9.17) is 4.74 Å². The minimum atomic E-state index is 0.227. The van der Waals surface area contributed by atoms with Crippen molar-refractivity contribution in [2.24, 2.45) is 4.99 Å². The predicted octanol–water partition coefficient (Wildman–Crippen LogP) is 4.00. The molecule has 1 aromatic rings. The number of ether oxygens (including phenoxy) is 1. The molecule has 1 aromatic carbocycles. The molecular formula is C24H38N4O2. The molecule has 2 fully saturated rings. The Hall–Kier alpha value is -2.08. The predicted molar refractivity (Wildman–Crippen MR) is 123 cm³/mol. The molecule has 3 rings (SSSR count). The summed E-state index contributed by atoms with van der Waals surface area (Å²) in [4.78, 5) is 18.0. The van der Waals surface area contributed by atoms with Crippen molar-refractivity contribution in [3.05, 3.63) is 29.8 Å². The first-order valence-electron chi connectivity index (χ1n) is 11.7. The van der Waals surface area contributed by atoms with Crippen molar-refractivity contribution in [3.8, 4) is 0 Å². The summed E-state index contributed by atoms with van der Waals surface area (Å²) in [6.45, 7) is 3.30. The summed E-state index contributed by atoms with van der Waals surface area (Å²) in [5.74, 6) is 1.05. The van der Waals surface area contributed by atoms with Gasteiger partial charge in [-0.05, 0) is 49.8 Å². The Morgan fingerprint density at radius 3 is 2.50 bits per heavy atom. The van der Waals surface area contributed by atoms with E-state index < -0.39 is 0 Å². The third kappa shape index (κ3) is 7.31. The average molecular weight is 415 g/mol. The standard InChI is InChI=1S/C24H38N4O2/c1-25-24(26-16-6-7-18-30-22-9-4-2-3-5-10-22)27-19-20-12-14-21(15-13-20)28-17-8-11-23(28)29/h12-15,22H,2-11,16-19H2,1H3,(H2,25,26,27). The van der Waals surface area contributed by atoms with Gasteiger partial charge in [0.15, 0.2) is 5.96 Å². The van der Waals surface area contributed by atoms with E-state index in [9.17, 15) is 4.79 Å². The number of guanidine groups is 1. The van der Waals surface area contributed by atoms with Crippen molar-refractivity contribution in [2.75, 3.05) is 31.6 Å². The van der Waals surface area contributed by atoms with Crippen LogP contribution in [0.1, 0.15) is 69.8 Å². The number of nitrogens with one attached hydrogen (secondary N) is 2. The van der Waals surface area contributed by atoms with Crippen LogP contribution in [0.4, 0.5) is 5.69 Å². The SMILES string of the molecule is CN=C(NCCCCOC1CCCCCC1)NCc1ccc(N2CCCC2=O)cc1. The molecule has 2 N–H and O–H groups in total. The second kappa shape index (κ2) is 12.6. The molecule has 1 aliphatic heterocycles. The van der Waals surface area contributed by atoms with Gasteiger partial charge in [0.25, 0.3) is 0 Å². The van der Waals surface area contributed by atoms with Gasteiger partial charge in [0.1, 0.15) is 0 Å². The van der Waals surface area contributed by atoms with Crippen molar-refractivity contribution < 1.29 is 9.53 Å². The fraction of sp³-hybridized carbons (Fsp3) is 0.667. The van der Waals surface area contributed by atoms with Crippen LogP contribution >= 0.6 is 0 Å². The highest BCUT2D eigenvalue weighted by Gasteiger charge is 2.21. The lowest BCUT2D eigenvalue weighted by molar-refractivity contribution is -0.117. The maximum absolute atomic E-state index is 11.9. The maximum atomic E-state index is 11.9. The zero-order valence-corrected chi connectivity index (χ0v) is 18.5. The van der Waals surface area contributed by atoms with E-state index in [1.165, 1.54) is 44.1 Å². The molecule has 166 valence electrons. The first kappa shape index (κ1) is 22.6. The van der Waals surface area contributed by atoms with Crippen molar-refractivity contribution in [1.82, 2.24) is 10.6 Å². The number of hydrogen-bond donors (Lipinski definition) is 2. The highest BCUT2D eigenvalue weighted by atomic mass is 16.5. The maximum Gasteiger partial charge on any atom is 0.227 e. The van der Waals surface area contributed by atoms with Crippen molar-refractivity contribution in [3.63, 3.8) is 0 Å². The molecule has 0 atom stereocenters. The fourth-order valence-electron chi connectivity index (χ4n) is 4.21. The number of rotatable bonds is 9. The van der Waals surface area contributed by atoms with E-state index in [0.717, 1.165) is 50.6 Å². The molecule has 2 aliphatic rings. The number of nitrogens with zero attached hydrogens (tertiary/aromatic N) is 2. The largest absolute Gasteiger partial charge is 0.378 e. The summed E-state index contributed by atoms with van der Waals surface area (Å²) in [6.07, 6.45) is 12.1. The summed E-state index contributed by atoms with van der Waals surface area (Å²) >= 11 is 0. The molecular weight excluding hydrogens is 376 g/mol. The minimum Gasteiger partial charge on any atom is -0.378 e. The van der Waals surface area contributed by atoms with Crippen LogP contribution in [0.3, 0.4) is 0 Å². The van der Waals surface area contributed by atoms with Crippen LogP contribution in [-0.4, -0.2) is 44.7 Å². The molecule has 0 radical (unpaired) electrons. The summed E-state index contributed by atoms with van der Waals surface area (Å²) in [5.41, 5.74) is 2.17. The number of hydrogen-bond acceptors (Lipinski definition) is 3. The van der Waals surface area contributed by atoms with Crippen molar-refractivity contribution in [1.29, 1.82) is 0 Å². The average Bonchev–Trinajstić information content (AvgIpc) is 3.03. The van der Waals surface area contributed by atoms with E-state index in [2.05, 4.69) is 27.8 Å². The second-order valence-corrected chi connectivity index (χ2v) is 8.36. The fourth-order valence-corrected chi connectivity index (χ4v) is 4.21. The first-order chi connectivity index (χ1) is 14.8. The van der Waals surface area contributed by atoms with Gasteiger partial charge in [0.05, 0.1) is 6.10 Å². The van der Waals surface area contributed by atoms with Gasteiger partial charge in [0.2, 0.25) is 5.91 Å². The Morgan fingerprint density at radius 2 is 1.83 bits per heavy atom. The van der Waals surface area contributed by atoms with Gasteiger partial charge in [-0.2, -0.15) is 0 Å². The number of carbonyl (C=O) groups is 1. The molecule has 0 bridgehead atoms. The molecule has 6 nitrogen and oxygen atoms in total. The Balaban J connectivity index is 1.28. The summed E-state index contributed by atoms with van der Waals surface area (Å²) in [7, 11) is 1.80. The van der Waals surface area contributed by atoms with Gasteiger partial charge < -0.3 is 20.3 Å². The Morgan fingerprint density at radius 1 is 1.07 bits per heavy atom. The van der Waals surface area contributed by atoms with E-state index in [-0.39, 0.29) is 5.91 Å². The third-order valence-electron chi connectivity index (χ3n) is 6.02. The second-order valence-electron chi connectivity index (χ2n) is 8.36. The van der Waals surface area contributed by atoms with Gasteiger partial charge in [-0.3, -0.25) is 9.79 Å². The molecule has 30 heavy (non-hydrogen) atoms. The van der Waals surface area contributed by atoms with E-state index in [0.29, 0.717) is 19.1 Å². The van der Waals surface area contributed by atoms with Crippen LogP contribution in [0.15, 0.2) is 29.3 Å². The molecule has 1 heterocycles. The molecule has 1 saturated carbocycles. The molecule has 0 aromatic heterocycles. The zero-order valence-electron chi connectivity index (χ0n) is 18.5. The molecule has 1 amide bonds. The zero-order chi connectivity index (χ0) is 21.0. The van der Waals surface area contributed by atoms with E-state index in [1.807, 2.05) is 17.0 Å². The molecule has 1 saturated heterocycles. The van der Waals surface area contributed by atoms with Crippen LogP contribution < -0.4 is 15.5 Å². The van der Waals surface area contributed by atoms with Crippen molar-refractivity contribution >= 4 is 17.6 Å². The monoisotopic (exact) mass is 414 g/mol. The first-order valence-corrected chi connectivity index (χ1v) is 11.7. The van der Waals surface area contributed by atoms with Gasteiger partial charge in [-0.15, -0.1) is 0 Å². The van der Waals surface area contributed by atoms with Crippen molar-refractivity contribution in [2.45, 2.75) is 76.9 Å². The number of benzene rings is 1. The number of amides is 1. The van der Waals surface area contributed by atoms with Crippen LogP contribution in [0.5, 0.6) is 0 Å². The number of unbranched alkanes of at least 4 members (excludes halogenated alkanes) is 1. The van der Waals surface area contributed by atoms with Gasteiger partial charge in [-0.1, -0.05) is 37.8 Å². The molecule has 0 unspecified atom stereocenters. The number of carbonyl (C=O) groups excluding carboxylic acids is 1. The van der Waals surface area contributed by atoms with Gasteiger partial charge in [0, 0.05) is 45.4 Å². The molecule has 6 heteroatoms. The minimum absolute atomic E-state index is 0.227. The van der Waals surface area contributed by atoms with E-state index >= 15 is 0 Å². The van der Waals surface area contributed by atoms with E-state index in [1.54, 1.807) is 7.05 Å². The van der Waals surface area contributed by atoms with Crippen LogP contribution in [-0.2, 0) is 16.1 Å². The highest BCUT2D eigenvalue weighted by molar-refractivity contribution is 5.95. The highest BCUT2D eigenvalue weighted by Crippen LogP contribution is 2.22. The number of aliphatic imine (C=N–C) groups is 1. The summed E-state index contributed by atoms with van der Waals surface area (Å²) in [5, 5.41) is 6.74. The lowest BCUT2D eigenvalue weighted by atomic mass is 10.1. The summed E-state index contributed by atoms with van der Waals surface area (Å²) < 4.78 is 6.06. The Labute approximate surface area is 181 Å².